The van der Waals surface area contributed by atoms with E-state index in [1.165, 1.54) is 0 Å². The van der Waals surface area contributed by atoms with E-state index in [0.717, 1.165) is 0 Å². The summed E-state index contributed by atoms with van der Waals surface area (Å²) in [5.74, 6) is -2.15. The van der Waals surface area contributed by atoms with Gasteiger partial charge in [0, 0.05) is 19.4 Å². The molecule has 0 bridgehead atoms. The molecule has 0 radical (unpaired) electrons. The Bertz CT molecular complexity index is 211. The van der Waals surface area contributed by atoms with E-state index in [2.05, 4.69) is 15.8 Å². The van der Waals surface area contributed by atoms with Crippen LogP contribution in [0.2, 0.25) is 0 Å². The van der Waals surface area contributed by atoms with Gasteiger partial charge in [0.25, 0.3) is 0 Å². The number of halogens is 1. The molecule has 80 valence electrons. The van der Waals surface area contributed by atoms with E-state index in [0.29, 0.717) is 6.67 Å². The molecule has 8 heteroatoms. The van der Waals surface area contributed by atoms with Gasteiger partial charge in [-0.3, -0.25) is 4.79 Å². The van der Waals surface area contributed by atoms with Crippen LogP contribution < -0.4 is 0 Å². The first-order valence-corrected chi connectivity index (χ1v) is 4.68. The highest BCUT2D eigenvalue weighted by Gasteiger charge is 2.10. The lowest BCUT2D eigenvalue weighted by Crippen LogP contribution is -2.27. The molecule has 0 unspecified atom stereocenters. The largest absolute Gasteiger partial charge is 0.533 e. The van der Waals surface area contributed by atoms with E-state index in [-0.39, 0.29) is 6.54 Å². The molecular weight excluding hydrogens is 255 g/mol. The van der Waals surface area contributed by atoms with E-state index in [1.54, 1.807) is 11.1 Å². The summed E-state index contributed by atoms with van der Waals surface area (Å²) in [7, 11) is 1.90. The molecule has 14 heavy (non-hydrogen) atoms. The van der Waals surface area contributed by atoms with Gasteiger partial charge in [-0.15, -0.1) is 0 Å². The molecule has 1 aliphatic heterocycles. The van der Waals surface area contributed by atoms with Gasteiger partial charge in [0.15, 0.2) is 0 Å². The highest BCUT2D eigenvalue weighted by molar-refractivity contribution is 9.24. The molecule has 0 amide bonds. The Labute approximate surface area is 90.5 Å². The maximum atomic E-state index is 10.2. The number of carbonyl (C=O) groups is 1. The Morgan fingerprint density at radius 3 is 2.36 bits per heavy atom. The molecule has 0 aromatic carbocycles. The Morgan fingerprint density at radius 1 is 1.57 bits per heavy atom. The van der Waals surface area contributed by atoms with Crippen LogP contribution in [0.3, 0.4) is 0 Å². The lowest BCUT2D eigenvalue weighted by molar-refractivity contribution is -0.137. The zero-order chi connectivity index (χ0) is 11.1. The van der Waals surface area contributed by atoms with Gasteiger partial charge in [-0.05, 0) is 0 Å². The molecule has 1 rings (SSSR count). The number of carboxylic acid groups (broad SMARTS) is 1. The smallest absolute Gasteiger partial charge is 0.480 e. The Balaban J connectivity index is 0.000000364. The minimum atomic E-state index is -1.35. The first-order valence-electron chi connectivity index (χ1n) is 3.76. The van der Waals surface area contributed by atoms with E-state index in [4.69, 9.17) is 15.2 Å². The second kappa shape index (κ2) is 6.69. The molecule has 1 heterocycles. The van der Waals surface area contributed by atoms with Crippen molar-refractivity contribution < 1.29 is 19.9 Å². The second-order valence-corrected chi connectivity index (χ2v) is 3.47. The summed E-state index contributed by atoms with van der Waals surface area (Å²) >= 11 is 2.38. The van der Waals surface area contributed by atoms with Crippen molar-refractivity contribution in [2.24, 2.45) is 0 Å². The predicted octanol–water partition coefficient (Wildman–Crippen LogP) is -0.902. The van der Waals surface area contributed by atoms with Crippen LogP contribution in [0, 0.1) is 0 Å². The number of aliphatic carboxylic acids is 1. The van der Waals surface area contributed by atoms with E-state index in [1.807, 2.05) is 18.1 Å². The maximum Gasteiger partial charge on any atom is 0.533 e. The van der Waals surface area contributed by atoms with Crippen LogP contribution in [-0.2, 0) is 4.79 Å². The van der Waals surface area contributed by atoms with Gasteiger partial charge in [-0.2, -0.15) is 0 Å². The van der Waals surface area contributed by atoms with Gasteiger partial charge in [-0.25, -0.2) is 0 Å². The van der Waals surface area contributed by atoms with Crippen molar-refractivity contribution >= 4 is 27.7 Å². The second-order valence-electron chi connectivity index (χ2n) is 2.65. The quantitative estimate of drug-likeness (QED) is 0.562. The summed E-state index contributed by atoms with van der Waals surface area (Å²) in [6, 6.07) is 0. The fraction of sp³-hybridized carbons (Fsp3) is 0.500. The minimum Gasteiger partial charge on any atom is -0.480 e. The van der Waals surface area contributed by atoms with Crippen LogP contribution in [0.25, 0.3) is 0 Å². The molecule has 1 aliphatic rings. The first-order chi connectivity index (χ1) is 6.41. The first kappa shape index (κ1) is 13.3. The number of nitrogens with zero attached hydrogens (tertiary/aromatic N) is 2. The topological polar surface area (TPSA) is 84.2 Å². The molecule has 0 saturated heterocycles. The summed E-state index contributed by atoms with van der Waals surface area (Å²) in [6.45, 7) is 0.757. The number of rotatable bonds is 2. The van der Waals surface area contributed by atoms with Crippen molar-refractivity contribution in [3.63, 3.8) is 0 Å². The standard InChI is InChI=1S/C6H10N2O2.BBrH2O2/c1-7-2-3-8(5-7)4-6(9)10;2-1(3)4/h2-3H,4-5H2,1H3,(H,9,10);3-4H. The Morgan fingerprint density at radius 2 is 2.07 bits per heavy atom. The molecular formula is C6H12BBrN2O4. The minimum absolute atomic E-state index is 0.0842. The van der Waals surface area contributed by atoms with E-state index in [9.17, 15) is 4.79 Å². The Hall–Kier alpha value is -0.725. The normalized spacial score (nSPS) is 13.7. The van der Waals surface area contributed by atoms with Crippen LogP contribution in [0.5, 0.6) is 0 Å². The van der Waals surface area contributed by atoms with Gasteiger partial charge >= 0.3 is 11.9 Å². The van der Waals surface area contributed by atoms with Crippen molar-refractivity contribution in [2.75, 3.05) is 20.3 Å². The maximum absolute atomic E-state index is 10.2. The third-order valence-electron chi connectivity index (χ3n) is 1.28. The molecule has 6 nitrogen and oxygen atoms in total. The highest BCUT2D eigenvalue weighted by Crippen LogP contribution is 2.01. The number of hydrogen-bond donors (Lipinski definition) is 3. The average molecular weight is 267 g/mol. The van der Waals surface area contributed by atoms with Crippen LogP contribution in [0.1, 0.15) is 0 Å². The van der Waals surface area contributed by atoms with Crippen LogP contribution in [0.4, 0.5) is 0 Å². The summed E-state index contributed by atoms with van der Waals surface area (Å²) in [4.78, 5) is 13.8. The molecule has 0 atom stereocenters. The van der Waals surface area contributed by atoms with Gasteiger partial charge in [0.1, 0.15) is 6.54 Å². The van der Waals surface area contributed by atoms with Crippen molar-refractivity contribution in [2.45, 2.75) is 0 Å². The molecule has 0 aromatic rings. The summed E-state index contributed by atoms with van der Waals surface area (Å²) in [5, 5.41) is 23.4. The number of hydrogen-bond acceptors (Lipinski definition) is 5. The lowest BCUT2D eigenvalue weighted by Gasteiger charge is -2.14. The SMILES string of the molecule is CN1C=CN(CC(=O)O)C1.OB(O)Br. The zero-order valence-electron chi connectivity index (χ0n) is 7.67. The Kier molecular flexibility index (Phi) is 6.34. The van der Waals surface area contributed by atoms with E-state index < -0.39 is 11.9 Å². The van der Waals surface area contributed by atoms with Crippen LogP contribution in [-0.4, -0.2) is 57.1 Å². The monoisotopic (exact) mass is 266 g/mol. The van der Waals surface area contributed by atoms with Crippen LogP contribution >= 0.6 is 15.8 Å². The van der Waals surface area contributed by atoms with Gasteiger partial charge < -0.3 is 25.0 Å². The van der Waals surface area contributed by atoms with Crippen molar-refractivity contribution in [3.05, 3.63) is 12.4 Å². The van der Waals surface area contributed by atoms with E-state index >= 15 is 0 Å². The third kappa shape index (κ3) is 7.90. The summed E-state index contributed by atoms with van der Waals surface area (Å²) < 4.78 is 0. The molecule has 0 aliphatic carbocycles. The van der Waals surface area contributed by atoms with Crippen molar-refractivity contribution in [3.8, 4) is 0 Å². The molecule has 0 aromatic heterocycles. The van der Waals surface area contributed by atoms with Gasteiger partial charge in [0.05, 0.1) is 6.67 Å². The highest BCUT2D eigenvalue weighted by atomic mass is 79.9. The van der Waals surface area contributed by atoms with Crippen LogP contribution in [0.15, 0.2) is 12.4 Å². The fourth-order valence-electron chi connectivity index (χ4n) is 0.865. The third-order valence-corrected chi connectivity index (χ3v) is 1.28. The molecule has 0 spiro atoms. The van der Waals surface area contributed by atoms with Crippen molar-refractivity contribution in [1.29, 1.82) is 0 Å². The average Bonchev–Trinajstić information content (AvgIpc) is 2.32. The van der Waals surface area contributed by atoms with Gasteiger partial charge in [-0.1, -0.05) is 15.8 Å². The summed E-state index contributed by atoms with van der Waals surface area (Å²) in [5.41, 5.74) is 0. The van der Waals surface area contributed by atoms with Gasteiger partial charge in [0.2, 0.25) is 0 Å². The molecule has 0 fully saturated rings. The van der Waals surface area contributed by atoms with Crippen molar-refractivity contribution in [1.82, 2.24) is 9.80 Å². The number of carboxylic acids is 1. The molecule has 0 saturated carbocycles. The molecule has 3 N–H and O–H groups in total. The fourth-order valence-corrected chi connectivity index (χ4v) is 0.865. The lowest BCUT2D eigenvalue weighted by atomic mass is 10.4. The predicted molar refractivity (Wildman–Crippen MR) is 55.2 cm³/mol. The zero-order valence-corrected chi connectivity index (χ0v) is 9.25. The summed E-state index contributed by atoms with van der Waals surface area (Å²) in [6.07, 6.45) is 3.62.